The smallest absolute Gasteiger partial charge is 0.366 e. The lowest BCUT2D eigenvalue weighted by Gasteiger charge is -2.39. The van der Waals surface area contributed by atoms with Gasteiger partial charge < -0.3 is 16.4 Å². The van der Waals surface area contributed by atoms with Crippen LogP contribution in [0.5, 0.6) is 0 Å². The molecule has 2 aliphatic heterocycles. The van der Waals surface area contributed by atoms with Crippen molar-refractivity contribution in [1.29, 1.82) is 0 Å². The molecule has 0 aliphatic carbocycles. The average Bonchev–Trinajstić information content (AvgIpc) is 2.92. The van der Waals surface area contributed by atoms with Crippen LogP contribution in [-0.4, -0.2) is 46.5 Å². The second kappa shape index (κ2) is 7.37. The SMILES string of the molecule is CC(C)CC[N+]1(C(N)=O)C=C2C(C(N)=O)=C(c3ccccc3)C(Cl)N2CC1. The summed E-state index contributed by atoms with van der Waals surface area (Å²) in [6.07, 6.45) is 2.62. The molecule has 4 N–H and O–H groups in total. The number of nitrogens with zero attached hydrogens (tertiary/aromatic N) is 2. The molecule has 0 saturated heterocycles. The van der Waals surface area contributed by atoms with Gasteiger partial charge in [0.2, 0.25) is 0 Å². The summed E-state index contributed by atoms with van der Waals surface area (Å²) in [5.74, 6) is -0.118. The highest BCUT2D eigenvalue weighted by molar-refractivity contribution is 6.29. The molecule has 7 heteroatoms. The van der Waals surface area contributed by atoms with Crippen molar-refractivity contribution in [2.45, 2.75) is 25.8 Å². The van der Waals surface area contributed by atoms with Gasteiger partial charge in [-0.25, -0.2) is 9.28 Å². The number of alkyl halides is 1. The lowest BCUT2D eigenvalue weighted by atomic mass is 10.0. The molecule has 0 radical (unpaired) electrons. The van der Waals surface area contributed by atoms with Crippen molar-refractivity contribution in [3.8, 4) is 0 Å². The number of primary amides is 2. The molecule has 0 spiro atoms. The van der Waals surface area contributed by atoms with Gasteiger partial charge in [-0.05, 0) is 17.9 Å². The Balaban J connectivity index is 2.13. The molecule has 3 rings (SSSR count). The summed E-state index contributed by atoms with van der Waals surface area (Å²) >= 11 is 6.72. The van der Waals surface area contributed by atoms with Gasteiger partial charge in [0.1, 0.15) is 23.9 Å². The van der Waals surface area contributed by atoms with Gasteiger partial charge in [-0.2, -0.15) is 0 Å². The van der Waals surface area contributed by atoms with Gasteiger partial charge in [-0.15, -0.1) is 0 Å². The van der Waals surface area contributed by atoms with Crippen LogP contribution in [0.25, 0.3) is 5.57 Å². The van der Waals surface area contributed by atoms with Gasteiger partial charge in [0.25, 0.3) is 5.91 Å². The van der Waals surface area contributed by atoms with E-state index in [1.165, 1.54) is 0 Å². The molecule has 2 atom stereocenters. The predicted octanol–water partition coefficient (Wildman–Crippen LogP) is 2.60. The Morgan fingerprint density at radius 3 is 2.48 bits per heavy atom. The van der Waals surface area contributed by atoms with Crippen molar-refractivity contribution in [3.63, 3.8) is 0 Å². The monoisotopic (exact) mass is 389 g/mol. The van der Waals surface area contributed by atoms with E-state index in [0.29, 0.717) is 42.4 Å². The van der Waals surface area contributed by atoms with E-state index in [1.807, 2.05) is 35.2 Å². The van der Waals surface area contributed by atoms with Crippen molar-refractivity contribution in [2.75, 3.05) is 19.6 Å². The third kappa shape index (κ3) is 3.47. The molecule has 0 fully saturated rings. The molecule has 1 aromatic rings. The summed E-state index contributed by atoms with van der Waals surface area (Å²) in [7, 11) is 0. The molecule has 2 heterocycles. The molecule has 2 unspecified atom stereocenters. The van der Waals surface area contributed by atoms with Crippen LogP contribution in [-0.2, 0) is 4.79 Å². The molecule has 1 aromatic carbocycles. The molecule has 2 aliphatic rings. The standard InChI is InChI=1S/C20H25ClN4O2/c1-13(2)8-10-25(20(23)27)11-9-24-15(12-25)17(19(22)26)16(18(24)21)14-6-4-3-5-7-14/h3-7,12-13,18H,8-11H2,1-2H3,(H3-,22,23,26,27)/p+1. The summed E-state index contributed by atoms with van der Waals surface area (Å²) in [6, 6.07) is 9.07. The first kappa shape index (κ1) is 19.5. The van der Waals surface area contributed by atoms with Crippen molar-refractivity contribution in [2.24, 2.45) is 17.4 Å². The maximum atomic E-state index is 12.4. The zero-order chi connectivity index (χ0) is 19.8. The summed E-state index contributed by atoms with van der Waals surface area (Å²) in [5.41, 5.74) is 13.5. The Kier molecular flexibility index (Phi) is 5.31. The number of benzene rings is 1. The Morgan fingerprint density at radius 1 is 1.26 bits per heavy atom. The van der Waals surface area contributed by atoms with E-state index < -0.39 is 17.4 Å². The number of nitrogens with two attached hydrogens (primary N) is 2. The maximum absolute atomic E-state index is 12.4. The Labute approximate surface area is 164 Å². The largest absolute Gasteiger partial charge is 0.418 e. The quantitative estimate of drug-likeness (QED) is 0.460. The van der Waals surface area contributed by atoms with Crippen LogP contribution < -0.4 is 11.5 Å². The van der Waals surface area contributed by atoms with E-state index in [4.69, 9.17) is 23.1 Å². The van der Waals surface area contributed by atoms with Gasteiger partial charge in [0, 0.05) is 5.57 Å². The lowest BCUT2D eigenvalue weighted by Crippen LogP contribution is -2.58. The molecule has 0 bridgehead atoms. The first-order chi connectivity index (χ1) is 12.8. The molecule has 0 saturated carbocycles. The summed E-state index contributed by atoms with van der Waals surface area (Å²) in [6.45, 7) is 5.84. The molecule has 3 amide bonds. The number of hydrogen-bond donors (Lipinski definition) is 2. The minimum atomic E-state index is -0.554. The molecular weight excluding hydrogens is 364 g/mol. The number of rotatable bonds is 5. The zero-order valence-electron chi connectivity index (χ0n) is 15.7. The van der Waals surface area contributed by atoms with Crippen molar-refractivity contribution < 1.29 is 14.1 Å². The number of fused-ring (bicyclic) bond motifs is 1. The lowest BCUT2D eigenvalue weighted by molar-refractivity contribution is -0.801. The minimum absolute atomic E-state index is 0.00642. The van der Waals surface area contributed by atoms with Crippen LogP contribution in [0.4, 0.5) is 4.79 Å². The topological polar surface area (TPSA) is 89.4 Å². The van der Waals surface area contributed by atoms with E-state index in [2.05, 4.69) is 13.8 Å². The zero-order valence-corrected chi connectivity index (χ0v) is 16.4. The normalized spacial score (nSPS) is 24.8. The van der Waals surface area contributed by atoms with Gasteiger partial charge in [0.15, 0.2) is 0 Å². The van der Waals surface area contributed by atoms with Crippen LogP contribution >= 0.6 is 11.6 Å². The van der Waals surface area contributed by atoms with Crippen LogP contribution in [0.15, 0.2) is 47.8 Å². The number of urea groups is 1. The highest BCUT2D eigenvalue weighted by Crippen LogP contribution is 2.43. The third-order valence-electron chi connectivity index (χ3n) is 5.33. The molecular formula is C20H26ClN4O2+. The van der Waals surface area contributed by atoms with E-state index in [0.717, 1.165) is 12.0 Å². The summed E-state index contributed by atoms with van der Waals surface area (Å²) < 4.78 is 0.00642. The van der Waals surface area contributed by atoms with Crippen molar-refractivity contribution >= 4 is 29.1 Å². The predicted molar refractivity (Wildman–Crippen MR) is 106 cm³/mol. The van der Waals surface area contributed by atoms with Gasteiger partial charge in [-0.1, -0.05) is 55.8 Å². The number of hydrogen-bond acceptors (Lipinski definition) is 3. The first-order valence-corrected chi connectivity index (χ1v) is 9.60. The third-order valence-corrected chi connectivity index (χ3v) is 5.79. The number of amides is 3. The van der Waals surface area contributed by atoms with Crippen LogP contribution in [0.3, 0.4) is 0 Å². The fourth-order valence-corrected chi connectivity index (χ4v) is 4.18. The highest BCUT2D eigenvalue weighted by atomic mass is 35.5. The van der Waals surface area contributed by atoms with Crippen LogP contribution in [0.2, 0.25) is 0 Å². The molecule has 144 valence electrons. The molecule has 6 nitrogen and oxygen atoms in total. The number of carbonyl (C=O) groups excluding carboxylic acids is 2. The van der Waals surface area contributed by atoms with Crippen molar-refractivity contribution in [1.82, 2.24) is 4.90 Å². The molecule has 27 heavy (non-hydrogen) atoms. The van der Waals surface area contributed by atoms with Crippen LogP contribution in [0, 0.1) is 5.92 Å². The minimum Gasteiger partial charge on any atom is -0.366 e. The summed E-state index contributed by atoms with van der Waals surface area (Å²) in [5, 5.41) is 0. The Morgan fingerprint density at radius 2 is 1.93 bits per heavy atom. The number of quaternary nitrogens is 1. The second-order valence-corrected chi connectivity index (χ2v) is 7.98. The van der Waals surface area contributed by atoms with Gasteiger partial charge >= 0.3 is 6.03 Å². The fourth-order valence-electron chi connectivity index (χ4n) is 3.74. The van der Waals surface area contributed by atoms with Crippen LogP contribution in [0.1, 0.15) is 25.8 Å². The van der Waals surface area contributed by atoms with Gasteiger partial charge in [0.05, 0.1) is 18.7 Å². The number of halogens is 1. The van der Waals surface area contributed by atoms with E-state index >= 15 is 0 Å². The van der Waals surface area contributed by atoms with E-state index in [-0.39, 0.29) is 4.48 Å². The Bertz CT molecular complexity index is 819. The van der Waals surface area contributed by atoms with E-state index in [9.17, 15) is 9.59 Å². The van der Waals surface area contributed by atoms with E-state index in [1.54, 1.807) is 6.20 Å². The second-order valence-electron chi connectivity index (χ2n) is 7.56. The average molecular weight is 390 g/mol. The van der Waals surface area contributed by atoms with Gasteiger partial charge in [-0.3, -0.25) is 4.79 Å². The first-order valence-electron chi connectivity index (χ1n) is 9.17. The Hall–Kier alpha value is -2.31. The number of carbonyl (C=O) groups is 2. The fraction of sp³-hybridized carbons (Fsp3) is 0.400. The van der Waals surface area contributed by atoms with Crippen molar-refractivity contribution in [3.05, 3.63) is 53.4 Å². The summed E-state index contributed by atoms with van der Waals surface area (Å²) in [4.78, 5) is 26.6. The maximum Gasteiger partial charge on any atom is 0.418 e. The highest BCUT2D eigenvalue weighted by Gasteiger charge is 2.47. The molecule has 0 aromatic heterocycles.